The van der Waals surface area contributed by atoms with Crippen molar-refractivity contribution in [1.29, 1.82) is 0 Å². The molecule has 0 radical (unpaired) electrons. The summed E-state index contributed by atoms with van der Waals surface area (Å²) in [5, 5.41) is 2.88. The fourth-order valence-electron chi connectivity index (χ4n) is 4.43. The van der Waals surface area contributed by atoms with Gasteiger partial charge in [-0.3, -0.25) is 9.59 Å². The summed E-state index contributed by atoms with van der Waals surface area (Å²) in [4.78, 5) is 29.5. The number of piperazine rings is 1. The fourth-order valence-corrected chi connectivity index (χ4v) is 4.43. The quantitative estimate of drug-likeness (QED) is 0.442. The van der Waals surface area contributed by atoms with E-state index in [4.69, 9.17) is 14.2 Å². The van der Waals surface area contributed by atoms with Gasteiger partial charge in [-0.1, -0.05) is 32.9 Å². The lowest BCUT2D eigenvalue weighted by Gasteiger charge is -2.36. The van der Waals surface area contributed by atoms with E-state index < -0.39 is 0 Å². The molecule has 0 bridgehead atoms. The van der Waals surface area contributed by atoms with Gasteiger partial charge in [-0.25, -0.2) is 0 Å². The molecule has 206 valence electrons. The Morgan fingerprint density at radius 1 is 0.795 bits per heavy atom. The van der Waals surface area contributed by atoms with E-state index in [-0.39, 0.29) is 23.8 Å². The summed E-state index contributed by atoms with van der Waals surface area (Å²) in [6, 6.07) is 20.8. The molecular weight excluding hydrogens is 494 g/mol. The first-order valence-electron chi connectivity index (χ1n) is 13.1. The normalized spacial score (nSPS) is 13.6. The number of rotatable bonds is 8. The maximum Gasteiger partial charge on any atom is 0.262 e. The number of amides is 2. The minimum atomic E-state index is -0.219. The lowest BCUT2D eigenvalue weighted by molar-refractivity contribution is -0.118. The zero-order valence-corrected chi connectivity index (χ0v) is 23.3. The van der Waals surface area contributed by atoms with Gasteiger partial charge in [0.1, 0.15) is 17.2 Å². The molecule has 1 aliphatic rings. The third kappa shape index (κ3) is 7.22. The van der Waals surface area contributed by atoms with Gasteiger partial charge in [0.25, 0.3) is 11.8 Å². The average molecular weight is 532 g/mol. The van der Waals surface area contributed by atoms with Crippen LogP contribution in [0.4, 0.5) is 11.4 Å². The van der Waals surface area contributed by atoms with E-state index >= 15 is 0 Å². The number of benzene rings is 3. The lowest BCUT2D eigenvalue weighted by atomic mass is 9.87. The van der Waals surface area contributed by atoms with Gasteiger partial charge in [-0.05, 0) is 59.5 Å². The van der Waals surface area contributed by atoms with Crippen molar-refractivity contribution < 1.29 is 23.8 Å². The van der Waals surface area contributed by atoms with E-state index in [1.807, 2.05) is 53.4 Å². The van der Waals surface area contributed by atoms with Crippen molar-refractivity contribution in [2.45, 2.75) is 26.2 Å². The summed E-state index contributed by atoms with van der Waals surface area (Å²) in [5.74, 6) is 1.58. The van der Waals surface area contributed by atoms with E-state index in [1.54, 1.807) is 32.4 Å². The molecule has 1 heterocycles. The molecule has 0 aliphatic carbocycles. The number of ether oxygens (including phenoxy) is 3. The number of hydrogen-bond donors (Lipinski definition) is 1. The van der Waals surface area contributed by atoms with E-state index in [2.05, 4.69) is 31.0 Å². The minimum absolute atomic E-state index is 0.0442. The molecule has 0 atom stereocenters. The molecule has 4 rings (SSSR count). The molecule has 39 heavy (non-hydrogen) atoms. The van der Waals surface area contributed by atoms with E-state index in [0.717, 1.165) is 5.69 Å². The van der Waals surface area contributed by atoms with Crippen LogP contribution in [0.1, 0.15) is 36.7 Å². The molecule has 8 heteroatoms. The Kier molecular flexibility index (Phi) is 8.64. The van der Waals surface area contributed by atoms with E-state index in [0.29, 0.717) is 54.7 Å². The molecule has 1 N–H and O–H groups in total. The van der Waals surface area contributed by atoms with Gasteiger partial charge in [-0.2, -0.15) is 0 Å². The molecule has 1 aliphatic heterocycles. The van der Waals surface area contributed by atoms with Gasteiger partial charge < -0.3 is 29.3 Å². The smallest absolute Gasteiger partial charge is 0.262 e. The third-order valence-electron chi connectivity index (χ3n) is 6.77. The Labute approximate surface area is 230 Å². The predicted octanol–water partition coefficient (Wildman–Crippen LogP) is 4.98. The Morgan fingerprint density at radius 3 is 1.92 bits per heavy atom. The molecule has 1 saturated heterocycles. The van der Waals surface area contributed by atoms with Crippen LogP contribution in [-0.4, -0.2) is 63.7 Å². The first-order chi connectivity index (χ1) is 18.7. The second-order valence-electron chi connectivity index (χ2n) is 10.5. The molecule has 0 aromatic heterocycles. The molecule has 3 aromatic carbocycles. The number of hydrogen-bond acceptors (Lipinski definition) is 6. The van der Waals surface area contributed by atoms with Crippen LogP contribution >= 0.6 is 0 Å². The number of carbonyl (C=O) groups is 2. The molecule has 1 fully saturated rings. The molecular formula is C31H37N3O5. The third-order valence-corrected chi connectivity index (χ3v) is 6.77. The van der Waals surface area contributed by atoms with Crippen molar-refractivity contribution in [1.82, 2.24) is 4.90 Å². The van der Waals surface area contributed by atoms with Gasteiger partial charge in [0.15, 0.2) is 6.61 Å². The number of carbonyl (C=O) groups excluding carboxylic acids is 2. The van der Waals surface area contributed by atoms with Crippen LogP contribution in [0.2, 0.25) is 0 Å². The zero-order chi connectivity index (χ0) is 28.0. The van der Waals surface area contributed by atoms with Crippen molar-refractivity contribution in [3.63, 3.8) is 0 Å². The maximum absolute atomic E-state index is 13.1. The zero-order valence-electron chi connectivity index (χ0n) is 23.3. The summed E-state index contributed by atoms with van der Waals surface area (Å²) < 4.78 is 16.2. The second kappa shape index (κ2) is 12.1. The Balaban J connectivity index is 1.26. The Bertz CT molecular complexity index is 1250. The highest BCUT2D eigenvalue weighted by molar-refractivity contribution is 5.95. The van der Waals surface area contributed by atoms with Crippen molar-refractivity contribution in [3.8, 4) is 17.2 Å². The van der Waals surface area contributed by atoms with Crippen LogP contribution in [0.5, 0.6) is 17.2 Å². The molecule has 0 spiro atoms. The van der Waals surface area contributed by atoms with Crippen LogP contribution in [0.15, 0.2) is 66.7 Å². The van der Waals surface area contributed by atoms with Gasteiger partial charge in [0.05, 0.1) is 14.2 Å². The van der Waals surface area contributed by atoms with E-state index in [9.17, 15) is 9.59 Å². The largest absolute Gasteiger partial charge is 0.497 e. The molecule has 0 unspecified atom stereocenters. The SMILES string of the molecule is COc1cc(OC)cc(C(=O)N2CCN(c3ccc(NC(=O)COc4ccc(C(C)(C)C)cc4)cc3)CC2)c1. The van der Waals surface area contributed by atoms with Crippen LogP contribution in [0.25, 0.3) is 0 Å². The maximum atomic E-state index is 13.1. The van der Waals surface area contributed by atoms with Crippen LogP contribution < -0.4 is 24.4 Å². The number of methoxy groups -OCH3 is 2. The van der Waals surface area contributed by atoms with Crippen LogP contribution in [-0.2, 0) is 10.2 Å². The lowest BCUT2D eigenvalue weighted by Crippen LogP contribution is -2.48. The minimum Gasteiger partial charge on any atom is -0.497 e. The average Bonchev–Trinajstić information content (AvgIpc) is 2.95. The fraction of sp³-hybridized carbons (Fsp3) is 0.355. The van der Waals surface area contributed by atoms with Crippen LogP contribution in [0.3, 0.4) is 0 Å². The molecule has 8 nitrogen and oxygen atoms in total. The van der Waals surface area contributed by atoms with Gasteiger partial charge in [-0.15, -0.1) is 0 Å². The van der Waals surface area contributed by atoms with Crippen molar-refractivity contribution in [3.05, 3.63) is 77.9 Å². The van der Waals surface area contributed by atoms with Crippen molar-refractivity contribution in [2.75, 3.05) is 57.2 Å². The summed E-state index contributed by atoms with van der Waals surface area (Å²) in [5.41, 5.74) is 3.57. The highest BCUT2D eigenvalue weighted by atomic mass is 16.5. The number of nitrogens with one attached hydrogen (secondary N) is 1. The second-order valence-corrected chi connectivity index (χ2v) is 10.5. The number of anilines is 2. The van der Waals surface area contributed by atoms with Crippen molar-refractivity contribution in [2.24, 2.45) is 0 Å². The predicted molar refractivity (Wildman–Crippen MR) is 153 cm³/mol. The first kappa shape index (κ1) is 27.8. The van der Waals surface area contributed by atoms with Gasteiger partial charge in [0.2, 0.25) is 0 Å². The molecule has 0 saturated carbocycles. The highest BCUT2D eigenvalue weighted by Crippen LogP contribution is 2.26. The molecule has 3 aromatic rings. The monoisotopic (exact) mass is 531 g/mol. The highest BCUT2D eigenvalue weighted by Gasteiger charge is 2.23. The van der Waals surface area contributed by atoms with Gasteiger partial charge in [0, 0.05) is 49.2 Å². The van der Waals surface area contributed by atoms with Crippen LogP contribution in [0, 0.1) is 0 Å². The number of nitrogens with zero attached hydrogens (tertiary/aromatic N) is 2. The molecule has 2 amide bonds. The van der Waals surface area contributed by atoms with Crippen molar-refractivity contribution >= 4 is 23.2 Å². The summed E-state index contributed by atoms with van der Waals surface area (Å²) in [6.45, 7) is 9.03. The Morgan fingerprint density at radius 2 is 1.38 bits per heavy atom. The summed E-state index contributed by atoms with van der Waals surface area (Å²) >= 11 is 0. The first-order valence-corrected chi connectivity index (χ1v) is 13.1. The van der Waals surface area contributed by atoms with E-state index in [1.165, 1.54) is 5.56 Å². The summed E-state index contributed by atoms with van der Waals surface area (Å²) in [6.07, 6.45) is 0. The topological polar surface area (TPSA) is 80.3 Å². The Hall–Kier alpha value is -4.20. The summed E-state index contributed by atoms with van der Waals surface area (Å²) in [7, 11) is 3.14. The van der Waals surface area contributed by atoms with Gasteiger partial charge >= 0.3 is 0 Å². The standard InChI is InChI=1S/C31H37N3O5/c1-31(2,3)23-6-12-26(13-7-23)39-21-29(35)32-24-8-10-25(11-9-24)33-14-16-34(17-15-33)30(36)22-18-27(37-4)20-28(19-22)38-5/h6-13,18-20H,14-17,21H2,1-5H3,(H,32,35).